The standard InChI is InChI=1S/C15H20O2/c1-10-9-17-13-8-14(3)6-4-5-11(2)15(14,16)7-12(10)13/h9,16H,2,4-8H2,1,3H3. The first kappa shape index (κ1) is 11.1. The summed E-state index contributed by atoms with van der Waals surface area (Å²) in [5, 5.41) is 11.1. The summed E-state index contributed by atoms with van der Waals surface area (Å²) in [6.45, 7) is 8.36. The van der Waals surface area contributed by atoms with Gasteiger partial charge in [0.05, 0.1) is 11.9 Å². The molecular weight excluding hydrogens is 212 g/mol. The van der Waals surface area contributed by atoms with Gasteiger partial charge >= 0.3 is 0 Å². The van der Waals surface area contributed by atoms with E-state index in [9.17, 15) is 5.11 Å². The Morgan fingerprint density at radius 3 is 2.94 bits per heavy atom. The molecule has 1 heterocycles. The fourth-order valence-corrected chi connectivity index (χ4v) is 3.62. The van der Waals surface area contributed by atoms with E-state index in [-0.39, 0.29) is 5.41 Å². The molecule has 1 saturated carbocycles. The molecule has 2 aliphatic rings. The molecule has 0 saturated heterocycles. The molecule has 0 radical (unpaired) electrons. The summed E-state index contributed by atoms with van der Waals surface area (Å²) in [7, 11) is 0. The van der Waals surface area contributed by atoms with E-state index >= 15 is 0 Å². The maximum Gasteiger partial charge on any atom is 0.108 e. The van der Waals surface area contributed by atoms with Gasteiger partial charge in [0.2, 0.25) is 0 Å². The Morgan fingerprint density at radius 2 is 2.18 bits per heavy atom. The highest BCUT2D eigenvalue weighted by Gasteiger charge is 2.54. The molecule has 17 heavy (non-hydrogen) atoms. The zero-order valence-electron chi connectivity index (χ0n) is 10.7. The molecule has 3 rings (SSSR count). The highest BCUT2D eigenvalue weighted by molar-refractivity contribution is 5.39. The molecule has 0 aromatic carbocycles. The number of rotatable bonds is 0. The maximum absolute atomic E-state index is 11.1. The van der Waals surface area contributed by atoms with Crippen LogP contribution in [0.1, 0.15) is 43.1 Å². The van der Waals surface area contributed by atoms with E-state index in [0.29, 0.717) is 6.42 Å². The molecule has 0 aliphatic heterocycles. The van der Waals surface area contributed by atoms with Crippen molar-refractivity contribution in [2.24, 2.45) is 5.41 Å². The summed E-state index contributed by atoms with van der Waals surface area (Å²) in [6.07, 6.45) is 6.48. The Balaban J connectivity index is 2.12. The second kappa shape index (κ2) is 3.26. The number of aliphatic hydroxyl groups is 1. The molecule has 0 bridgehead atoms. The van der Waals surface area contributed by atoms with Crippen LogP contribution in [-0.2, 0) is 12.8 Å². The highest BCUT2D eigenvalue weighted by Crippen LogP contribution is 2.53. The lowest BCUT2D eigenvalue weighted by molar-refractivity contribution is -0.0755. The summed E-state index contributed by atoms with van der Waals surface area (Å²) in [6, 6.07) is 0. The molecule has 0 amide bonds. The van der Waals surface area contributed by atoms with Gasteiger partial charge in [-0.1, -0.05) is 13.5 Å². The Hall–Kier alpha value is -1.02. The minimum absolute atomic E-state index is 0.0976. The van der Waals surface area contributed by atoms with Crippen LogP contribution in [0.5, 0.6) is 0 Å². The van der Waals surface area contributed by atoms with Crippen molar-refractivity contribution >= 4 is 0 Å². The first-order valence-corrected chi connectivity index (χ1v) is 6.43. The van der Waals surface area contributed by atoms with Crippen molar-refractivity contribution in [3.8, 4) is 0 Å². The van der Waals surface area contributed by atoms with Gasteiger partial charge in [0.15, 0.2) is 0 Å². The van der Waals surface area contributed by atoms with Gasteiger partial charge in [-0.15, -0.1) is 0 Å². The van der Waals surface area contributed by atoms with E-state index < -0.39 is 5.60 Å². The third-order valence-electron chi connectivity index (χ3n) is 4.96. The topological polar surface area (TPSA) is 33.4 Å². The monoisotopic (exact) mass is 232 g/mol. The summed E-state index contributed by atoms with van der Waals surface area (Å²) < 4.78 is 5.64. The van der Waals surface area contributed by atoms with Gasteiger partial charge in [0.1, 0.15) is 5.76 Å². The number of hydrogen-bond donors (Lipinski definition) is 1. The minimum Gasteiger partial charge on any atom is -0.469 e. The molecule has 0 spiro atoms. The Morgan fingerprint density at radius 1 is 1.41 bits per heavy atom. The van der Waals surface area contributed by atoms with E-state index in [1.54, 1.807) is 0 Å². The van der Waals surface area contributed by atoms with Gasteiger partial charge in [-0.05, 0) is 42.9 Å². The smallest absolute Gasteiger partial charge is 0.108 e. The van der Waals surface area contributed by atoms with Crippen LogP contribution in [0.25, 0.3) is 0 Å². The van der Waals surface area contributed by atoms with Crippen molar-refractivity contribution < 1.29 is 9.52 Å². The molecule has 2 atom stereocenters. The van der Waals surface area contributed by atoms with E-state index in [1.165, 1.54) is 5.56 Å². The van der Waals surface area contributed by atoms with Crippen LogP contribution in [0.3, 0.4) is 0 Å². The predicted octanol–water partition coefficient (Wildman–Crippen LogP) is 3.16. The van der Waals surface area contributed by atoms with Crippen LogP contribution in [0.15, 0.2) is 22.8 Å². The molecular formula is C15H20O2. The largest absolute Gasteiger partial charge is 0.469 e. The van der Waals surface area contributed by atoms with Crippen LogP contribution in [0.4, 0.5) is 0 Å². The normalized spacial score (nSPS) is 36.5. The van der Waals surface area contributed by atoms with Crippen molar-refractivity contribution in [1.82, 2.24) is 0 Å². The molecule has 1 aromatic heterocycles. The molecule has 92 valence electrons. The van der Waals surface area contributed by atoms with Crippen LogP contribution < -0.4 is 0 Å². The fourth-order valence-electron chi connectivity index (χ4n) is 3.62. The molecule has 2 heteroatoms. The lowest BCUT2D eigenvalue weighted by atomic mass is 9.56. The quantitative estimate of drug-likeness (QED) is 0.697. The number of aryl methyl sites for hydroxylation is 1. The van der Waals surface area contributed by atoms with Gasteiger partial charge in [0, 0.05) is 18.3 Å². The van der Waals surface area contributed by atoms with Gasteiger partial charge in [0.25, 0.3) is 0 Å². The summed E-state index contributed by atoms with van der Waals surface area (Å²) in [5.74, 6) is 1.07. The van der Waals surface area contributed by atoms with E-state index in [1.807, 2.05) is 6.26 Å². The Bertz CT molecular complexity index is 485. The maximum atomic E-state index is 11.1. The number of furan rings is 1. The average molecular weight is 232 g/mol. The fraction of sp³-hybridized carbons (Fsp3) is 0.600. The molecule has 1 aromatic rings. The lowest BCUT2D eigenvalue weighted by Gasteiger charge is -2.52. The molecule has 2 nitrogen and oxygen atoms in total. The predicted molar refractivity (Wildman–Crippen MR) is 66.9 cm³/mol. The summed E-state index contributed by atoms with van der Waals surface area (Å²) in [4.78, 5) is 0. The van der Waals surface area contributed by atoms with Gasteiger partial charge in [-0.25, -0.2) is 0 Å². The third kappa shape index (κ3) is 1.30. The lowest BCUT2D eigenvalue weighted by Crippen LogP contribution is -2.55. The van der Waals surface area contributed by atoms with Gasteiger partial charge < -0.3 is 9.52 Å². The van der Waals surface area contributed by atoms with Crippen LogP contribution in [-0.4, -0.2) is 10.7 Å². The third-order valence-corrected chi connectivity index (χ3v) is 4.96. The van der Waals surface area contributed by atoms with E-state index in [2.05, 4.69) is 20.4 Å². The Labute approximate surface area is 102 Å². The molecule has 1 N–H and O–H groups in total. The van der Waals surface area contributed by atoms with Crippen LogP contribution >= 0.6 is 0 Å². The van der Waals surface area contributed by atoms with Crippen LogP contribution in [0, 0.1) is 12.3 Å². The van der Waals surface area contributed by atoms with Crippen molar-refractivity contribution in [3.05, 3.63) is 35.3 Å². The van der Waals surface area contributed by atoms with Crippen LogP contribution in [0.2, 0.25) is 0 Å². The molecule has 2 unspecified atom stereocenters. The molecule has 1 fully saturated rings. The number of fused-ring (bicyclic) bond motifs is 2. The second-order valence-corrected chi connectivity index (χ2v) is 6.05. The molecule has 2 aliphatic carbocycles. The summed E-state index contributed by atoms with van der Waals surface area (Å²) >= 11 is 0. The zero-order chi connectivity index (χ0) is 12.3. The first-order valence-electron chi connectivity index (χ1n) is 6.43. The zero-order valence-corrected chi connectivity index (χ0v) is 10.7. The van der Waals surface area contributed by atoms with E-state index in [0.717, 1.165) is 42.6 Å². The first-order chi connectivity index (χ1) is 7.96. The summed E-state index contributed by atoms with van der Waals surface area (Å²) in [5.41, 5.74) is 2.55. The second-order valence-electron chi connectivity index (χ2n) is 6.05. The SMILES string of the molecule is C=C1CCCC2(C)Cc3occ(C)c3CC12O. The van der Waals surface area contributed by atoms with Crippen molar-refractivity contribution in [2.45, 2.75) is 51.6 Å². The Kier molecular flexibility index (Phi) is 2.13. The van der Waals surface area contributed by atoms with E-state index in [4.69, 9.17) is 4.42 Å². The van der Waals surface area contributed by atoms with Gasteiger partial charge in [-0.2, -0.15) is 0 Å². The minimum atomic E-state index is -0.729. The van der Waals surface area contributed by atoms with Gasteiger partial charge in [-0.3, -0.25) is 0 Å². The number of hydrogen-bond acceptors (Lipinski definition) is 2. The average Bonchev–Trinajstić information content (AvgIpc) is 2.59. The van der Waals surface area contributed by atoms with Crippen molar-refractivity contribution in [2.75, 3.05) is 0 Å². The van der Waals surface area contributed by atoms with Crippen molar-refractivity contribution in [1.29, 1.82) is 0 Å². The van der Waals surface area contributed by atoms with Crippen molar-refractivity contribution in [3.63, 3.8) is 0 Å². The highest BCUT2D eigenvalue weighted by atomic mass is 16.3.